The summed E-state index contributed by atoms with van der Waals surface area (Å²) in [7, 11) is 1.61. The molecule has 0 aromatic heterocycles. The Balaban J connectivity index is 1.36. The van der Waals surface area contributed by atoms with Crippen LogP contribution in [0.2, 0.25) is 5.02 Å². The third-order valence-electron chi connectivity index (χ3n) is 6.43. The van der Waals surface area contributed by atoms with Crippen molar-refractivity contribution in [2.45, 2.75) is 25.3 Å². The minimum atomic E-state index is 0.284. The number of nitrogens with one attached hydrogen (secondary N) is 1. The molecule has 0 amide bonds. The van der Waals surface area contributed by atoms with E-state index in [0.717, 1.165) is 17.7 Å². The summed E-state index contributed by atoms with van der Waals surface area (Å²) >= 11 is 6.38. The fraction of sp³-hybridized carbons (Fsp3) is 0.250. The van der Waals surface area contributed by atoms with Crippen LogP contribution in [0, 0.1) is 5.92 Å². The van der Waals surface area contributed by atoms with E-state index in [2.05, 4.69) is 71.0 Å². The second kappa shape index (κ2) is 9.32. The monoisotopic (exact) mass is 458 g/mol. The molecule has 33 heavy (non-hydrogen) atoms. The van der Waals surface area contributed by atoms with Crippen LogP contribution in [0.1, 0.15) is 42.0 Å². The molecule has 3 atom stereocenters. The Bertz CT molecular complexity index is 1200. The second-order valence-corrected chi connectivity index (χ2v) is 8.79. The van der Waals surface area contributed by atoms with E-state index in [1.165, 1.54) is 16.8 Å². The quantitative estimate of drug-likeness (QED) is 0.310. The molecule has 0 spiro atoms. The molecule has 0 fully saturated rings. The van der Waals surface area contributed by atoms with Gasteiger partial charge in [0.1, 0.15) is 0 Å². The highest BCUT2D eigenvalue weighted by molar-refractivity contribution is 6.32. The fourth-order valence-corrected chi connectivity index (χ4v) is 5.16. The molecule has 4 nitrogen and oxygen atoms in total. The largest absolute Gasteiger partial charge is 0.493 e. The topological polar surface area (TPSA) is 42.8 Å². The van der Waals surface area contributed by atoms with Gasteiger partial charge in [0, 0.05) is 17.8 Å². The average Bonchev–Trinajstić information content (AvgIpc) is 3.34. The van der Waals surface area contributed by atoms with Gasteiger partial charge in [0.15, 0.2) is 11.5 Å². The first-order valence-corrected chi connectivity index (χ1v) is 11.7. The van der Waals surface area contributed by atoms with Crippen molar-refractivity contribution in [3.05, 3.63) is 94.5 Å². The van der Waals surface area contributed by atoms with Crippen LogP contribution in [0.5, 0.6) is 11.5 Å². The maximum Gasteiger partial charge on any atom is 0.179 e. The number of hydrogen-bond donors (Lipinski definition) is 1. The third kappa shape index (κ3) is 4.23. The Kier molecular flexibility index (Phi) is 6.10. The lowest BCUT2D eigenvalue weighted by molar-refractivity contribution is 0.311. The Labute approximate surface area is 199 Å². The predicted molar refractivity (Wildman–Crippen MR) is 136 cm³/mol. The smallest absolute Gasteiger partial charge is 0.179 e. The maximum atomic E-state index is 6.38. The molecule has 5 rings (SSSR count). The predicted octanol–water partition coefficient (Wildman–Crippen LogP) is 7.32. The van der Waals surface area contributed by atoms with Crippen molar-refractivity contribution in [1.29, 1.82) is 0 Å². The zero-order chi connectivity index (χ0) is 22.8. The van der Waals surface area contributed by atoms with Crippen molar-refractivity contribution in [2.75, 3.05) is 19.0 Å². The molecule has 0 bridgehead atoms. The van der Waals surface area contributed by atoms with E-state index >= 15 is 0 Å². The van der Waals surface area contributed by atoms with Crippen molar-refractivity contribution in [3.8, 4) is 11.5 Å². The Hall–Kier alpha value is -3.24. The van der Waals surface area contributed by atoms with Crippen LogP contribution in [0.4, 0.5) is 11.4 Å². The first kappa shape index (κ1) is 21.6. The Morgan fingerprint density at radius 1 is 1.12 bits per heavy atom. The van der Waals surface area contributed by atoms with Crippen LogP contribution in [0.15, 0.2) is 77.8 Å². The van der Waals surface area contributed by atoms with Crippen LogP contribution in [0.3, 0.4) is 0 Å². The first-order chi connectivity index (χ1) is 16.2. The van der Waals surface area contributed by atoms with Crippen LogP contribution >= 0.6 is 11.6 Å². The van der Waals surface area contributed by atoms with E-state index in [1.807, 2.05) is 19.1 Å². The lowest BCUT2D eigenvalue weighted by Gasteiger charge is -2.37. The standard InChI is InChI=1S/C28H27ClN2O2/c1-3-33-28-24(29)15-18(16-26(28)32-2)17-30-20-13-11-19(12-14-20)27-23-9-6-8-21(23)22-7-4-5-10-25(22)31-27/h4-8,10-17,21,23,27,31H,3,9H2,1-2H3/t21-,23+,27-/m0/s1. The fourth-order valence-electron chi connectivity index (χ4n) is 4.89. The highest BCUT2D eigenvalue weighted by Crippen LogP contribution is 2.49. The minimum Gasteiger partial charge on any atom is -0.493 e. The zero-order valence-electron chi connectivity index (χ0n) is 18.8. The number of allylic oxidation sites excluding steroid dienone is 2. The van der Waals surface area contributed by atoms with Gasteiger partial charge in [-0.05, 0) is 66.3 Å². The van der Waals surface area contributed by atoms with Gasteiger partial charge in [-0.2, -0.15) is 0 Å². The van der Waals surface area contributed by atoms with Crippen molar-refractivity contribution in [3.63, 3.8) is 0 Å². The van der Waals surface area contributed by atoms with Gasteiger partial charge in [0.05, 0.1) is 30.5 Å². The molecule has 0 unspecified atom stereocenters. The molecule has 1 aliphatic heterocycles. The van der Waals surface area contributed by atoms with E-state index in [9.17, 15) is 0 Å². The van der Waals surface area contributed by atoms with Crippen molar-refractivity contribution in [1.82, 2.24) is 0 Å². The van der Waals surface area contributed by atoms with Gasteiger partial charge in [0.2, 0.25) is 0 Å². The molecule has 3 aromatic rings. The van der Waals surface area contributed by atoms with E-state index in [0.29, 0.717) is 35.0 Å². The lowest BCUT2D eigenvalue weighted by atomic mass is 9.77. The Morgan fingerprint density at radius 3 is 2.73 bits per heavy atom. The van der Waals surface area contributed by atoms with Gasteiger partial charge in [-0.1, -0.05) is 54.1 Å². The molecule has 0 saturated heterocycles. The second-order valence-electron chi connectivity index (χ2n) is 8.38. The highest BCUT2D eigenvalue weighted by Gasteiger charge is 2.37. The van der Waals surface area contributed by atoms with Crippen LogP contribution in [-0.4, -0.2) is 19.9 Å². The summed E-state index contributed by atoms with van der Waals surface area (Å²) in [5, 5.41) is 4.29. The maximum absolute atomic E-state index is 6.38. The number of para-hydroxylation sites is 1. The molecule has 1 N–H and O–H groups in total. The average molecular weight is 459 g/mol. The van der Waals surface area contributed by atoms with E-state index < -0.39 is 0 Å². The molecule has 168 valence electrons. The van der Waals surface area contributed by atoms with Crippen LogP contribution < -0.4 is 14.8 Å². The number of aliphatic imine (C=N–C) groups is 1. The molecular weight excluding hydrogens is 432 g/mol. The number of rotatable bonds is 6. The molecule has 1 aliphatic carbocycles. The number of hydrogen-bond acceptors (Lipinski definition) is 4. The van der Waals surface area contributed by atoms with Gasteiger partial charge in [-0.25, -0.2) is 0 Å². The summed E-state index contributed by atoms with van der Waals surface area (Å²) in [4.78, 5) is 4.64. The summed E-state index contributed by atoms with van der Waals surface area (Å²) in [5.74, 6) is 2.17. The number of fused-ring (bicyclic) bond motifs is 3. The van der Waals surface area contributed by atoms with Crippen molar-refractivity contribution >= 4 is 29.2 Å². The van der Waals surface area contributed by atoms with Gasteiger partial charge < -0.3 is 14.8 Å². The van der Waals surface area contributed by atoms with Gasteiger partial charge in [0.25, 0.3) is 0 Å². The summed E-state index contributed by atoms with van der Waals surface area (Å²) in [5.41, 5.74) is 5.67. The number of anilines is 1. The Morgan fingerprint density at radius 2 is 1.94 bits per heavy atom. The van der Waals surface area contributed by atoms with Crippen molar-refractivity contribution < 1.29 is 9.47 Å². The SMILES string of the molecule is CCOc1c(Cl)cc(C=Nc2ccc([C@@H]3Nc4ccccc4[C@@H]4C=CC[C@H]43)cc2)cc1OC. The van der Waals surface area contributed by atoms with Crippen molar-refractivity contribution in [2.24, 2.45) is 10.9 Å². The summed E-state index contributed by atoms with van der Waals surface area (Å²) in [6, 6.07) is 21.1. The van der Waals surface area contributed by atoms with Crippen LogP contribution in [-0.2, 0) is 0 Å². The number of halogens is 1. The van der Waals surface area contributed by atoms with Crippen LogP contribution in [0.25, 0.3) is 0 Å². The summed E-state index contributed by atoms with van der Waals surface area (Å²) < 4.78 is 11.0. The molecule has 1 heterocycles. The molecule has 0 saturated carbocycles. The highest BCUT2D eigenvalue weighted by atomic mass is 35.5. The number of methoxy groups -OCH3 is 1. The normalized spacial score (nSPS) is 20.9. The minimum absolute atomic E-state index is 0.284. The van der Waals surface area contributed by atoms with E-state index in [-0.39, 0.29) is 6.04 Å². The molecule has 2 aliphatic rings. The number of nitrogens with zero attached hydrogens (tertiary/aromatic N) is 1. The zero-order valence-corrected chi connectivity index (χ0v) is 19.5. The lowest BCUT2D eigenvalue weighted by Crippen LogP contribution is -2.28. The summed E-state index contributed by atoms with van der Waals surface area (Å²) in [6.07, 6.45) is 7.58. The first-order valence-electron chi connectivity index (χ1n) is 11.3. The van der Waals surface area contributed by atoms with E-state index in [1.54, 1.807) is 13.3 Å². The number of ether oxygens (including phenoxy) is 2. The number of benzene rings is 3. The van der Waals surface area contributed by atoms with E-state index in [4.69, 9.17) is 21.1 Å². The van der Waals surface area contributed by atoms with Gasteiger partial charge in [-0.3, -0.25) is 4.99 Å². The third-order valence-corrected chi connectivity index (χ3v) is 6.71. The van der Waals surface area contributed by atoms with Gasteiger partial charge >= 0.3 is 0 Å². The molecule has 5 heteroatoms. The molecule has 0 radical (unpaired) electrons. The molecular formula is C28H27ClN2O2. The summed E-state index contributed by atoms with van der Waals surface area (Å²) in [6.45, 7) is 2.44. The van der Waals surface area contributed by atoms with Gasteiger partial charge in [-0.15, -0.1) is 0 Å². The molecule has 3 aromatic carbocycles.